The number of nitrogens with one attached hydrogen (secondary N) is 1. The lowest BCUT2D eigenvalue weighted by atomic mass is 10.3. The first kappa shape index (κ1) is 5.81. The molecular weight excluding hydrogens is 122 g/mol. The highest BCUT2D eigenvalue weighted by molar-refractivity contribution is 6.10. The number of aliphatic hydroxyl groups is 1. The number of hydrogen-bond donors (Lipinski definition) is 2. The van der Waals surface area contributed by atoms with Crippen LogP contribution >= 0.6 is 0 Å². The fourth-order valence-electron chi connectivity index (χ4n) is 0.549. The first-order valence-corrected chi connectivity index (χ1v) is 2.35. The zero-order chi connectivity index (χ0) is 6.85. The summed E-state index contributed by atoms with van der Waals surface area (Å²) in [5.74, 6) is -0.780. The summed E-state index contributed by atoms with van der Waals surface area (Å²) in [7, 11) is 0. The molecule has 0 aromatic rings. The van der Waals surface area contributed by atoms with Crippen molar-refractivity contribution in [3.63, 3.8) is 0 Å². The molecule has 1 heterocycles. The summed E-state index contributed by atoms with van der Waals surface area (Å²) in [5.41, 5.74) is -0.0463. The van der Waals surface area contributed by atoms with Crippen molar-refractivity contribution in [2.45, 2.75) is 0 Å². The highest BCUT2D eigenvalue weighted by Gasteiger charge is 2.21. The van der Waals surface area contributed by atoms with Gasteiger partial charge in [-0.15, -0.1) is 0 Å². The van der Waals surface area contributed by atoms with E-state index in [0.29, 0.717) is 0 Å². The van der Waals surface area contributed by atoms with Crippen LogP contribution < -0.4 is 0 Å². The molecule has 0 saturated heterocycles. The Balaban J connectivity index is 2.94. The van der Waals surface area contributed by atoms with Crippen molar-refractivity contribution >= 4 is 12.2 Å². The van der Waals surface area contributed by atoms with Gasteiger partial charge in [0.05, 0.1) is 0 Å². The zero-order valence-corrected chi connectivity index (χ0v) is 4.55. The van der Waals surface area contributed by atoms with Gasteiger partial charge in [0, 0.05) is 6.21 Å². The lowest BCUT2D eigenvalue weighted by Crippen LogP contribution is -1.98. The van der Waals surface area contributed by atoms with E-state index in [9.17, 15) is 4.79 Å². The van der Waals surface area contributed by atoms with Crippen LogP contribution in [0, 0.1) is 5.41 Å². The van der Waals surface area contributed by atoms with Gasteiger partial charge in [-0.25, -0.2) is 4.79 Å². The second kappa shape index (κ2) is 1.89. The van der Waals surface area contributed by atoms with Crippen LogP contribution in [0.25, 0.3) is 0 Å². The van der Waals surface area contributed by atoms with Gasteiger partial charge in [-0.2, -0.15) is 0 Å². The van der Waals surface area contributed by atoms with Crippen molar-refractivity contribution in [3.8, 4) is 0 Å². The molecule has 0 fully saturated rings. The SMILES string of the molecule is N=CC1=C(O)COC1=O. The standard InChI is InChI=1S/C5H5NO3/c6-1-3-4(7)2-9-5(3)8/h1,6-7H,2H2. The lowest BCUT2D eigenvalue weighted by molar-refractivity contribution is -0.135. The summed E-state index contributed by atoms with van der Waals surface area (Å²) in [6, 6.07) is 0. The Kier molecular flexibility index (Phi) is 1.22. The highest BCUT2D eigenvalue weighted by atomic mass is 16.5. The number of esters is 1. The zero-order valence-electron chi connectivity index (χ0n) is 4.55. The molecule has 2 N–H and O–H groups in total. The van der Waals surface area contributed by atoms with Crippen molar-refractivity contribution in [1.82, 2.24) is 0 Å². The van der Waals surface area contributed by atoms with Crippen molar-refractivity contribution in [3.05, 3.63) is 11.3 Å². The third kappa shape index (κ3) is 0.782. The summed E-state index contributed by atoms with van der Waals surface area (Å²) in [6.45, 7) is -0.0937. The molecule has 0 aliphatic carbocycles. The average molecular weight is 127 g/mol. The maximum Gasteiger partial charge on any atom is 0.343 e. The van der Waals surface area contributed by atoms with Gasteiger partial charge in [0.1, 0.15) is 17.9 Å². The Hall–Kier alpha value is -1.32. The number of rotatable bonds is 1. The van der Waals surface area contributed by atoms with Gasteiger partial charge in [0.2, 0.25) is 0 Å². The maximum atomic E-state index is 10.4. The van der Waals surface area contributed by atoms with Gasteiger partial charge in [0.25, 0.3) is 0 Å². The smallest absolute Gasteiger partial charge is 0.343 e. The number of hydrogen-bond acceptors (Lipinski definition) is 4. The van der Waals surface area contributed by atoms with E-state index in [0.717, 1.165) is 6.21 Å². The number of carbonyl (C=O) groups excluding carboxylic acids is 1. The van der Waals surface area contributed by atoms with E-state index < -0.39 is 5.97 Å². The monoisotopic (exact) mass is 127 g/mol. The van der Waals surface area contributed by atoms with Crippen LogP contribution in [0.1, 0.15) is 0 Å². The van der Waals surface area contributed by atoms with Gasteiger partial charge in [-0.05, 0) is 0 Å². The molecule has 0 atom stereocenters. The van der Waals surface area contributed by atoms with Crippen molar-refractivity contribution < 1.29 is 14.6 Å². The van der Waals surface area contributed by atoms with Crippen LogP contribution in [0.15, 0.2) is 11.3 Å². The van der Waals surface area contributed by atoms with Gasteiger partial charge in [-0.1, -0.05) is 0 Å². The van der Waals surface area contributed by atoms with E-state index in [2.05, 4.69) is 4.74 Å². The summed E-state index contributed by atoms with van der Waals surface area (Å²) in [4.78, 5) is 10.4. The molecule has 0 unspecified atom stereocenters. The minimum atomic E-state index is -0.623. The average Bonchev–Trinajstić information content (AvgIpc) is 2.12. The van der Waals surface area contributed by atoms with E-state index in [1.54, 1.807) is 0 Å². The Morgan fingerprint density at radius 3 is 2.67 bits per heavy atom. The Morgan fingerprint density at radius 2 is 2.44 bits per heavy atom. The molecule has 4 heteroatoms. The number of carbonyl (C=O) groups is 1. The second-order valence-electron chi connectivity index (χ2n) is 1.58. The van der Waals surface area contributed by atoms with E-state index >= 15 is 0 Å². The third-order valence-electron chi connectivity index (χ3n) is 1.02. The molecule has 0 bridgehead atoms. The van der Waals surface area contributed by atoms with Crippen LogP contribution in [-0.2, 0) is 9.53 Å². The van der Waals surface area contributed by atoms with Crippen LogP contribution in [0.4, 0.5) is 0 Å². The summed E-state index contributed by atoms with van der Waals surface area (Å²) >= 11 is 0. The van der Waals surface area contributed by atoms with Gasteiger partial charge < -0.3 is 15.3 Å². The molecule has 0 aromatic carbocycles. The number of cyclic esters (lactones) is 1. The lowest BCUT2D eigenvalue weighted by Gasteiger charge is -1.85. The van der Waals surface area contributed by atoms with E-state index in [4.69, 9.17) is 10.5 Å². The molecule has 0 aromatic heterocycles. The first-order valence-electron chi connectivity index (χ1n) is 2.35. The summed E-state index contributed by atoms with van der Waals surface area (Å²) in [5, 5.41) is 15.4. The molecule has 1 aliphatic heterocycles. The number of ether oxygens (including phenoxy) is 1. The van der Waals surface area contributed by atoms with Crippen LogP contribution in [0.3, 0.4) is 0 Å². The summed E-state index contributed by atoms with van der Waals surface area (Å²) in [6.07, 6.45) is 0.782. The van der Waals surface area contributed by atoms with Crippen LogP contribution in [0.2, 0.25) is 0 Å². The normalized spacial score (nSPS) is 18.0. The van der Waals surface area contributed by atoms with Crippen molar-refractivity contribution in [2.75, 3.05) is 6.61 Å². The molecule has 0 amide bonds. The van der Waals surface area contributed by atoms with E-state index in [1.165, 1.54) is 0 Å². The topological polar surface area (TPSA) is 70.4 Å². The van der Waals surface area contributed by atoms with Gasteiger partial charge in [-0.3, -0.25) is 0 Å². The largest absolute Gasteiger partial charge is 0.508 e. The second-order valence-corrected chi connectivity index (χ2v) is 1.58. The Labute approximate surface area is 51.3 Å². The van der Waals surface area contributed by atoms with E-state index in [1.807, 2.05) is 0 Å². The maximum absolute atomic E-state index is 10.4. The molecule has 1 rings (SSSR count). The predicted octanol–water partition coefficient (Wildman–Crippen LogP) is 0.00487. The van der Waals surface area contributed by atoms with Crippen LogP contribution in [0.5, 0.6) is 0 Å². The van der Waals surface area contributed by atoms with Crippen molar-refractivity contribution in [2.24, 2.45) is 0 Å². The Bertz CT molecular complexity index is 194. The molecule has 1 aliphatic rings. The summed E-state index contributed by atoms with van der Waals surface area (Å²) < 4.78 is 4.35. The van der Waals surface area contributed by atoms with E-state index in [-0.39, 0.29) is 17.9 Å². The molecule has 0 saturated carbocycles. The predicted molar refractivity (Wildman–Crippen MR) is 29.4 cm³/mol. The highest BCUT2D eigenvalue weighted by Crippen LogP contribution is 2.09. The molecule has 0 spiro atoms. The fraction of sp³-hybridized carbons (Fsp3) is 0.200. The Morgan fingerprint density at radius 1 is 1.78 bits per heavy atom. The first-order chi connectivity index (χ1) is 4.25. The van der Waals surface area contributed by atoms with Gasteiger partial charge in [0.15, 0.2) is 0 Å². The fourth-order valence-corrected chi connectivity index (χ4v) is 0.549. The third-order valence-corrected chi connectivity index (χ3v) is 1.02. The molecule has 9 heavy (non-hydrogen) atoms. The molecule has 48 valence electrons. The minimum Gasteiger partial charge on any atom is -0.508 e. The molecule has 4 nitrogen and oxygen atoms in total. The molecular formula is C5H5NO3. The number of aliphatic hydroxyl groups excluding tert-OH is 1. The van der Waals surface area contributed by atoms with Crippen molar-refractivity contribution in [1.29, 1.82) is 5.41 Å². The quantitative estimate of drug-likeness (QED) is 0.385. The van der Waals surface area contributed by atoms with Crippen LogP contribution in [-0.4, -0.2) is 23.9 Å². The van der Waals surface area contributed by atoms with Gasteiger partial charge >= 0.3 is 5.97 Å². The molecule has 0 radical (unpaired) electrons. The minimum absolute atomic E-state index is 0.0463.